The largest absolute Gasteiger partial charge is 0.377 e. The zero-order valence-corrected chi connectivity index (χ0v) is 12.8. The number of nitrogens with zero attached hydrogens (tertiary/aromatic N) is 2. The first-order valence-electron chi connectivity index (χ1n) is 7.46. The van der Waals surface area contributed by atoms with E-state index in [1.807, 2.05) is 6.07 Å². The maximum Gasteiger partial charge on any atom is 0.269 e. The number of rotatable bonds is 4. The van der Waals surface area contributed by atoms with Gasteiger partial charge < -0.3 is 4.74 Å². The molecular weight excluding hydrogens is 268 g/mol. The summed E-state index contributed by atoms with van der Waals surface area (Å²) < 4.78 is 5.83. The molecule has 2 aliphatic rings. The monoisotopic (exact) mass is 290 g/mol. The second-order valence-corrected chi connectivity index (χ2v) is 6.85. The lowest BCUT2D eigenvalue weighted by molar-refractivity contribution is -0.384. The number of non-ortho nitro benzene ring substituents is 1. The molecule has 114 valence electrons. The van der Waals surface area contributed by atoms with E-state index in [-0.39, 0.29) is 16.0 Å². The highest BCUT2D eigenvalue weighted by Crippen LogP contribution is 2.54. The lowest BCUT2D eigenvalue weighted by atomic mass is 9.57. The normalized spacial score (nSPS) is 30.0. The van der Waals surface area contributed by atoms with Crippen LogP contribution in [0.25, 0.3) is 0 Å². The Morgan fingerprint density at radius 1 is 1.48 bits per heavy atom. The molecule has 1 aromatic rings. The number of benzene rings is 1. The molecule has 1 aliphatic carbocycles. The van der Waals surface area contributed by atoms with Crippen LogP contribution in [0.1, 0.15) is 25.8 Å². The van der Waals surface area contributed by atoms with Gasteiger partial charge in [0.05, 0.1) is 11.0 Å². The number of nitro groups is 1. The molecule has 1 heterocycles. The van der Waals surface area contributed by atoms with Crippen LogP contribution in [0.3, 0.4) is 0 Å². The zero-order valence-electron chi connectivity index (χ0n) is 12.8. The van der Waals surface area contributed by atoms with E-state index in [0.717, 1.165) is 25.1 Å². The molecule has 0 unspecified atom stereocenters. The maximum absolute atomic E-state index is 10.9. The summed E-state index contributed by atoms with van der Waals surface area (Å²) in [6, 6.07) is 7.40. The fraction of sp³-hybridized carbons (Fsp3) is 0.625. The minimum Gasteiger partial charge on any atom is -0.377 e. The fourth-order valence-electron chi connectivity index (χ4n) is 4.35. The molecule has 5 nitrogen and oxygen atoms in total. The van der Waals surface area contributed by atoms with Gasteiger partial charge in [0, 0.05) is 42.7 Å². The van der Waals surface area contributed by atoms with Crippen LogP contribution in [0.2, 0.25) is 0 Å². The first kappa shape index (κ1) is 14.5. The number of hydrogen-bond donors (Lipinski definition) is 0. The summed E-state index contributed by atoms with van der Waals surface area (Å²) in [6.07, 6.45) is 1.49. The van der Waals surface area contributed by atoms with Crippen molar-refractivity contribution in [2.75, 3.05) is 13.7 Å². The van der Waals surface area contributed by atoms with Crippen molar-refractivity contribution in [1.82, 2.24) is 4.90 Å². The highest BCUT2D eigenvalue weighted by atomic mass is 16.6. The Bertz CT molecular complexity index is 558. The van der Waals surface area contributed by atoms with Crippen LogP contribution in [0.5, 0.6) is 0 Å². The molecule has 5 heteroatoms. The molecule has 0 bridgehead atoms. The van der Waals surface area contributed by atoms with Crippen LogP contribution >= 0.6 is 0 Å². The van der Waals surface area contributed by atoms with E-state index in [0.29, 0.717) is 18.1 Å². The Hall–Kier alpha value is -1.46. The first-order chi connectivity index (χ1) is 9.91. The van der Waals surface area contributed by atoms with Crippen molar-refractivity contribution < 1.29 is 9.66 Å². The van der Waals surface area contributed by atoms with Gasteiger partial charge in [-0.05, 0) is 19.0 Å². The fourth-order valence-corrected chi connectivity index (χ4v) is 4.35. The van der Waals surface area contributed by atoms with Gasteiger partial charge in [0.25, 0.3) is 5.69 Å². The smallest absolute Gasteiger partial charge is 0.269 e. The second kappa shape index (κ2) is 5.07. The van der Waals surface area contributed by atoms with E-state index >= 15 is 0 Å². The predicted molar refractivity (Wildman–Crippen MR) is 80.0 cm³/mol. The van der Waals surface area contributed by atoms with Crippen LogP contribution in [0.4, 0.5) is 5.69 Å². The third kappa shape index (κ3) is 2.34. The van der Waals surface area contributed by atoms with Crippen LogP contribution in [0, 0.1) is 21.4 Å². The molecular formula is C16H22N2O3. The van der Waals surface area contributed by atoms with Gasteiger partial charge in [-0.1, -0.05) is 26.0 Å². The van der Waals surface area contributed by atoms with E-state index in [4.69, 9.17) is 4.74 Å². The Balaban J connectivity index is 1.73. The minimum absolute atomic E-state index is 0.149. The van der Waals surface area contributed by atoms with Gasteiger partial charge >= 0.3 is 0 Å². The molecule has 0 N–H and O–H groups in total. The number of ether oxygens (including phenoxy) is 1. The molecule has 1 saturated carbocycles. The molecule has 1 saturated heterocycles. The summed E-state index contributed by atoms with van der Waals surface area (Å²) in [5.74, 6) is 0.601. The van der Waals surface area contributed by atoms with E-state index in [2.05, 4.69) is 25.8 Å². The molecule has 1 aliphatic heterocycles. The van der Waals surface area contributed by atoms with E-state index in [1.165, 1.54) is 6.07 Å². The van der Waals surface area contributed by atoms with Gasteiger partial charge in [0.1, 0.15) is 0 Å². The van der Waals surface area contributed by atoms with Gasteiger partial charge in [0.15, 0.2) is 0 Å². The summed E-state index contributed by atoms with van der Waals surface area (Å²) in [5.41, 5.74) is 1.30. The van der Waals surface area contributed by atoms with Crippen LogP contribution in [-0.2, 0) is 11.3 Å². The van der Waals surface area contributed by atoms with Crippen molar-refractivity contribution in [2.24, 2.45) is 11.3 Å². The Morgan fingerprint density at radius 2 is 2.24 bits per heavy atom. The van der Waals surface area contributed by atoms with Crippen LogP contribution < -0.4 is 0 Å². The van der Waals surface area contributed by atoms with E-state index in [9.17, 15) is 10.1 Å². The molecule has 21 heavy (non-hydrogen) atoms. The average molecular weight is 290 g/mol. The Morgan fingerprint density at radius 3 is 2.95 bits per heavy atom. The van der Waals surface area contributed by atoms with Crippen molar-refractivity contribution in [2.45, 2.75) is 39.0 Å². The predicted octanol–water partition coefficient (Wildman–Crippen LogP) is 2.84. The molecule has 0 radical (unpaired) electrons. The van der Waals surface area contributed by atoms with Crippen molar-refractivity contribution in [3.05, 3.63) is 39.9 Å². The third-order valence-electron chi connectivity index (χ3n) is 5.07. The Labute approximate surface area is 125 Å². The van der Waals surface area contributed by atoms with Gasteiger partial charge in [0.2, 0.25) is 0 Å². The van der Waals surface area contributed by atoms with Gasteiger partial charge in [-0.3, -0.25) is 15.0 Å². The summed E-state index contributed by atoms with van der Waals surface area (Å²) >= 11 is 0. The standard InChI is InChI=1S/C16H22N2O3/c1-16(2)14(13-7-8-21-15(13)16)17(3)10-11-5-4-6-12(9-11)18(19)20/h4-6,9,13-15H,7-8,10H2,1-3H3/t13-,14-,15-/m0/s1. The highest BCUT2D eigenvalue weighted by Gasteiger charge is 2.60. The van der Waals surface area contributed by atoms with Gasteiger partial charge in [-0.2, -0.15) is 0 Å². The van der Waals surface area contributed by atoms with Crippen molar-refractivity contribution >= 4 is 5.69 Å². The SMILES string of the molecule is CN(Cc1cccc([N+](=O)[O-])c1)[C@H]1[C@@H]2CCO[C@@H]2C1(C)C. The summed E-state index contributed by atoms with van der Waals surface area (Å²) in [4.78, 5) is 12.9. The topological polar surface area (TPSA) is 55.6 Å². The average Bonchev–Trinajstić information content (AvgIpc) is 2.84. The summed E-state index contributed by atoms with van der Waals surface area (Å²) in [6.45, 7) is 6.11. The highest BCUT2D eigenvalue weighted by molar-refractivity contribution is 5.34. The molecule has 0 amide bonds. The van der Waals surface area contributed by atoms with Gasteiger partial charge in [-0.15, -0.1) is 0 Å². The Kier molecular flexibility index (Phi) is 3.50. The lowest BCUT2D eigenvalue weighted by Gasteiger charge is -2.58. The quantitative estimate of drug-likeness (QED) is 0.632. The van der Waals surface area contributed by atoms with Crippen molar-refractivity contribution in [3.63, 3.8) is 0 Å². The molecule has 0 spiro atoms. The van der Waals surface area contributed by atoms with Crippen molar-refractivity contribution in [3.8, 4) is 0 Å². The maximum atomic E-state index is 10.9. The van der Waals surface area contributed by atoms with E-state index < -0.39 is 0 Å². The molecule has 3 atom stereocenters. The summed E-state index contributed by atoms with van der Waals surface area (Å²) in [5, 5.41) is 10.9. The van der Waals surface area contributed by atoms with Gasteiger partial charge in [-0.25, -0.2) is 0 Å². The second-order valence-electron chi connectivity index (χ2n) is 6.85. The van der Waals surface area contributed by atoms with E-state index in [1.54, 1.807) is 12.1 Å². The number of fused-ring (bicyclic) bond motifs is 1. The zero-order chi connectivity index (χ0) is 15.2. The number of nitro benzene ring substituents is 1. The van der Waals surface area contributed by atoms with Crippen LogP contribution in [-0.4, -0.2) is 35.6 Å². The molecule has 2 fully saturated rings. The number of hydrogen-bond acceptors (Lipinski definition) is 4. The molecule has 0 aromatic heterocycles. The summed E-state index contributed by atoms with van der Waals surface area (Å²) in [7, 11) is 2.11. The molecule has 3 rings (SSSR count). The lowest BCUT2D eigenvalue weighted by Crippen LogP contribution is -2.65. The third-order valence-corrected chi connectivity index (χ3v) is 5.07. The first-order valence-corrected chi connectivity index (χ1v) is 7.46. The minimum atomic E-state index is -0.336. The van der Waals surface area contributed by atoms with Crippen molar-refractivity contribution in [1.29, 1.82) is 0 Å². The molecule has 1 aromatic carbocycles. The van der Waals surface area contributed by atoms with Crippen LogP contribution in [0.15, 0.2) is 24.3 Å².